The van der Waals surface area contributed by atoms with E-state index in [9.17, 15) is 34.1 Å². The van der Waals surface area contributed by atoms with Crippen molar-refractivity contribution in [2.24, 2.45) is 0 Å². The van der Waals surface area contributed by atoms with Crippen molar-refractivity contribution in [2.45, 2.75) is 43.9 Å². The molecule has 3 atom stereocenters. The number of piperazine rings is 1. The van der Waals surface area contributed by atoms with E-state index in [0.717, 1.165) is 16.0 Å². The highest BCUT2D eigenvalue weighted by Crippen LogP contribution is 2.39. The van der Waals surface area contributed by atoms with Crippen LogP contribution in [0.5, 0.6) is 5.75 Å². The van der Waals surface area contributed by atoms with E-state index in [1.54, 1.807) is 18.2 Å². The number of amides is 3. The molecular weight excluding hydrogens is 661 g/mol. The molecule has 3 amide bonds. The van der Waals surface area contributed by atoms with Crippen LogP contribution < -0.4 is 10.1 Å². The molecule has 242 valence electrons. The van der Waals surface area contributed by atoms with Gasteiger partial charge in [0, 0.05) is 31.3 Å². The van der Waals surface area contributed by atoms with Crippen molar-refractivity contribution in [3.63, 3.8) is 0 Å². The minimum absolute atomic E-state index is 0.000682. The Bertz CT molecular complexity index is 1600. The van der Waals surface area contributed by atoms with Gasteiger partial charge in [-0.25, -0.2) is 14.0 Å². The number of aliphatic hydroxyl groups is 1. The fraction of sp³-hybridized carbons (Fsp3) is 0.324. The molecule has 1 saturated heterocycles. The third-order valence-electron chi connectivity index (χ3n) is 8.34. The van der Waals surface area contributed by atoms with Crippen molar-refractivity contribution >= 4 is 39.6 Å². The van der Waals surface area contributed by atoms with Crippen LogP contribution in [0.4, 0.5) is 14.0 Å². The van der Waals surface area contributed by atoms with Gasteiger partial charge in [0.15, 0.2) is 0 Å². The molecule has 12 heteroatoms. The highest BCUT2D eigenvalue weighted by atomic mass is 79.9. The standard InChI is InChI=1S/C34H35BrFN3O7/c35-27-13-12-24(36)17-30(27)46-16-4-5-21-8-10-22(11-9-21)26-18-25-19-38(33(42)43)20-28(39(25)34(44)45)31(26)32(41)37-15-14-29(40)23-6-2-1-3-7-23/h1-3,6-13,17,25,28-29,40H,4-5,14-16,18-20H2,(H,37,41)(H,42,43)(H,44,45)/t25?,28?,29-/m0/s1. The summed E-state index contributed by atoms with van der Waals surface area (Å²) >= 11 is 3.35. The maximum Gasteiger partial charge on any atom is 0.408 e. The van der Waals surface area contributed by atoms with Crippen molar-refractivity contribution in [2.75, 3.05) is 26.2 Å². The summed E-state index contributed by atoms with van der Waals surface area (Å²) in [5, 5.41) is 33.2. The second-order valence-electron chi connectivity index (χ2n) is 11.3. The Kier molecular flexibility index (Phi) is 10.6. The molecule has 0 saturated carbocycles. The Hall–Kier alpha value is -4.42. The fourth-order valence-corrected chi connectivity index (χ4v) is 6.45. The Morgan fingerprint density at radius 2 is 1.74 bits per heavy atom. The van der Waals surface area contributed by atoms with Crippen LogP contribution in [0.2, 0.25) is 0 Å². The van der Waals surface area contributed by atoms with Gasteiger partial charge in [-0.3, -0.25) is 9.69 Å². The number of fused-ring (bicyclic) bond motifs is 2. The predicted octanol–water partition coefficient (Wildman–Crippen LogP) is 5.71. The maximum absolute atomic E-state index is 13.8. The minimum atomic E-state index is -1.22. The zero-order chi connectivity index (χ0) is 32.8. The summed E-state index contributed by atoms with van der Waals surface area (Å²) < 4.78 is 19.9. The number of aliphatic hydroxyl groups excluding tert-OH is 1. The van der Waals surface area contributed by atoms with Gasteiger partial charge < -0.3 is 30.3 Å². The summed E-state index contributed by atoms with van der Waals surface area (Å²) in [4.78, 5) is 40.4. The smallest absolute Gasteiger partial charge is 0.408 e. The molecule has 2 aliphatic rings. The van der Waals surface area contributed by atoms with E-state index in [2.05, 4.69) is 21.2 Å². The number of hydrogen-bond acceptors (Lipinski definition) is 5. The lowest BCUT2D eigenvalue weighted by atomic mass is 9.81. The molecule has 0 aromatic heterocycles. The largest absolute Gasteiger partial charge is 0.492 e. The molecule has 0 aliphatic carbocycles. The van der Waals surface area contributed by atoms with Crippen molar-refractivity contribution in [3.8, 4) is 5.75 Å². The van der Waals surface area contributed by atoms with Gasteiger partial charge in [0.05, 0.1) is 29.3 Å². The zero-order valence-corrected chi connectivity index (χ0v) is 26.5. The number of carbonyl (C=O) groups is 3. The lowest BCUT2D eigenvalue weighted by molar-refractivity contribution is -0.118. The molecule has 2 bridgehead atoms. The average molecular weight is 697 g/mol. The van der Waals surface area contributed by atoms with Crippen molar-refractivity contribution in [3.05, 3.63) is 105 Å². The van der Waals surface area contributed by atoms with Gasteiger partial charge in [0.2, 0.25) is 5.91 Å². The SMILES string of the molecule is O=C(NCC[C@H](O)c1ccccc1)C1=C(c2ccc(CCCOc3cc(F)ccc3Br)cc2)CC2CN(C(=O)O)CC1N2C(=O)O. The molecule has 2 heterocycles. The van der Waals surface area contributed by atoms with Gasteiger partial charge in [0.1, 0.15) is 11.6 Å². The lowest BCUT2D eigenvalue weighted by Gasteiger charge is -2.49. The topological polar surface area (TPSA) is 140 Å². The Morgan fingerprint density at radius 1 is 1.00 bits per heavy atom. The van der Waals surface area contributed by atoms with Gasteiger partial charge >= 0.3 is 12.2 Å². The number of aryl methyl sites for hydroxylation is 1. The number of halogens is 2. The summed E-state index contributed by atoms with van der Waals surface area (Å²) in [6.45, 7) is 0.341. The van der Waals surface area contributed by atoms with Crippen molar-refractivity contribution in [1.82, 2.24) is 15.1 Å². The Labute approximate surface area is 274 Å². The molecule has 10 nitrogen and oxygen atoms in total. The van der Waals surface area contributed by atoms with Crippen LogP contribution in [0.25, 0.3) is 5.57 Å². The first-order chi connectivity index (χ1) is 22.1. The van der Waals surface area contributed by atoms with E-state index in [0.29, 0.717) is 40.8 Å². The maximum atomic E-state index is 13.8. The Morgan fingerprint density at radius 3 is 2.43 bits per heavy atom. The zero-order valence-electron chi connectivity index (χ0n) is 24.9. The minimum Gasteiger partial charge on any atom is -0.492 e. The number of rotatable bonds is 11. The molecule has 3 aromatic carbocycles. The van der Waals surface area contributed by atoms with E-state index in [1.165, 1.54) is 17.0 Å². The second-order valence-corrected chi connectivity index (χ2v) is 12.2. The van der Waals surface area contributed by atoms with Gasteiger partial charge in [0.25, 0.3) is 0 Å². The van der Waals surface area contributed by atoms with Gasteiger partial charge in [-0.15, -0.1) is 0 Å². The third-order valence-corrected chi connectivity index (χ3v) is 8.99. The first kappa shape index (κ1) is 33.0. The molecule has 2 aliphatic heterocycles. The summed E-state index contributed by atoms with van der Waals surface area (Å²) in [5.74, 6) is -0.445. The molecule has 4 N–H and O–H groups in total. The molecule has 5 rings (SSSR count). The summed E-state index contributed by atoms with van der Waals surface area (Å²) in [5.41, 5.74) is 3.37. The van der Waals surface area contributed by atoms with Crippen LogP contribution in [0.15, 0.2) is 82.8 Å². The van der Waals surface area contributed by atoms with E-state index in [-0.39, 0.29) is 43.9 Å². The van der Waals surface area contributed by atoms with E-state index in [4.69, 9.17) is 4.74 Å². The summed E-state index contributed by atoms with van der Waals surface area (Å²) in [6, 6.07) is 19.3. The monoisotopic (exact) mass is 695 g/mol. The molecule has 1 fully saturated rings. The summed E-state index contributed by atoms with van der Waals surface area (Å²) in [7, 11) is 0. The molecule has 0 spiro atoms. The fourth-order valence-electron chi connectivity index (χ4n) is 6.09. The number of nitrogens with zero attached hydrogens (tertiary/aromatic N) is 2. The second kappa shape index (κ2) is 14.8. The van der Waals surface area contributed by atoms with Crippen molar-refractivity contribution in [1.29, 1.82) is 0 Å². The predicted molar refractivity (Wildman–Crippen MR) is 172 cm³/mol. The first-order valence-corrected chi connectivity index (χ1v) is 15.8. The normalized spacial score (nSPS) is 18.2. The highest BCUT2D eigenvalue weighted by molar-refractivity contribution is 9.10. The van der Waals surface area contributed by atoms with Gasteiger partial charge in [-0.1, -0.05) is 54.6 Å². The number of hydrogen-bond donors (Lipinski definition) is 4. The molecular formula is C34H35BrFN3O7. The van der Waals surface area contributed by atoms with Crippen LogP contribution in [0, 0.1) is 5.82 Å². The van der Waals surface area contributed by atoms with Crippen LogP contribution in [0.3, 0.4) is 0 Å². The highest BCUT2D eigenvalue weighted by Gasteiger charge is 2.47. The number of nitrogens with one attached hydrogen (secondary N) is 1. The van der Waals surface area contributed by atoms with Crippen LogP contribution in [0.1, 0.15) is 42.1 Å². The van der Waals surface area contributed by atoms with Gasteiger partial charge in [-0.2, -0.15) is 0 Å². The van der Waals surface area contributed by atoms with E-state index in [1.807, 2.05) is 42.5 Å². The molecule has 2 unspecified atom stereocenters. The number of carboxylic acid groups (broad SMARTS) is 2. The van der Waals surface area contributed by atoms with E-state index < -0.39 is 36.3 Å². The van der Waals surface area contributed by atoms with Gasteiger partial charge in [-0.05, 0) is 76.0 Å². The van der Waals surface area contributed by atoms with Crippen molar-refractivity contribution < 1.29 is 38.8 Å². The number of benzene rings is 3. The summed E-state index contributed by atoms with van der Waals surface area (Å²) in [6.07, 6.45) is -1.42. The molecule has 3 aromatic rings. The number of ether oxygens (including phenoxy) is 1. The third kappa shape index (κ3) is 7.68. The Balaban J connectivity index is 1.34. The quantitative estimate of drug-likeness (QED) is 0.189. The molecule has 46 heavy (non-hydrogen) atoms. The van der Waals surface area contributed by atoms with Crippen LogP contribution >= 0.6 is 15.9 Å². The number of carbonyl (C=O) groups excluding carboxylic acids is 1. The first-order valence-electron chi connectivity index (χ1n) is 15.0. The molecule has 0 radical (unpaired) electrons. The average Bonchev–Trinajstić information content (AvgIpc) is 3.04. The van der Waals surface area contributed by atoms with Crippen LogP contribution in [-0.4, -0.2) is 81.5 Å². The van der Waals surface area contributed by atoms with E-state index >= 15 is 0 Å². The van der Waals surface area contributed by atoms with Crippen LogP contribution in [-0.2, 0) is 11.2 Å². The lowest BCUT2D eigenvalue weighted by Crippen LogP contribution is -2.64.